The number of aliphatic hydroxyl groups excluding tert-OH is 4. The summed E-state index contributed by atoms with van der Waals surface area (Å²) in [5.74, 6) is -0.323. The minimum absolute atomic E-state index is 0.116. The number of hydrogen-bond donors (Lipinski definition) is 4. The van der Waals surface area contributed by atoms with E-state index in [0.29, 0.717) is 13.0 Å². The van der Waals surface area contributed by atoms with E-state index < -0.39 is 43.4 Å². The molecule has 6 unspecified atom stereocenters. The monoisotopic (exact) mass is 837 g/mol. The van der Waals surface area contributed by atoms with Crippen molar-refractivity contribution in [2.75, 3.05) is 26.4 Å². The molecule has 0 bridgehead atoms. The average Bonchev–Trinajstić information content (AvgIpc) is 3.24. The van der Waals surface area contributed by atoms with Crippen molar-refractivity contribution in [3.05, 3.63) is 36.5 Å². The summed E-state index contributed by atoms with van der Waals surface area (Å²) in [6.07, 6.45) is 43.1. The largest absolute Gasteiger partial charge is 0.457 e. The standard InChI is InChI=1S/C50H92O9/c1-3-5-7-9-11-13-15-17-19-20-21-22-23-24-25-27-29-31-33-35-37-39-46(52)58-44(43-57-50-49(55)48(54)47(53)45(41-51)59-50)42-56-40-38-36-34-32-30-28-26-18-16-14-12-10-8-6-4-2/h15,17,20-21,23-24,44-45,47-51,53-55H,3-14,16,18-19,22,25-43H2,1-2H3/b17-15-,21-20-,24-23-. The van der Waals surface area contributed by atoms with Crippen LogP contribution in [0, 0.1) is 0 Å². The van der Waals surface area contributed by atoms with Crippen LogP contribution in [0.2, 0.25) is 0 Å². The second kappa shape index (κ2) is 41.7. The molecule has 0 amide bonds. The number of unbranched alkanes of at least 4 members (excludes halogenated alkanes) is 25. The number of ether oxygens (including phenoxy) is 4. The molecule has 9 nitrogen and oxygen atoms in total. The van der Waals surface area contributed by atoms with Gasteiger partial charge in [0.25, 0.3) is 0 Å². The lowest BCUT2D eigenvalue weighted by Crippen LogP contribution is -2.59. The first-order chi connectivity index (χ1) is 28.9. The van der Waals surface area contributed by atoms with E-state index in [4.69, 9.17) is 18.9 Å². The van der Waals surface area contributed by atoms with Gasteiger partial charge >= 0.3 is 5.97 Å². The average molecular weight is 837 g/mol. The zero-order valence-electron chi connectivity index (χ0n) is 38.0. The van der Waals surface area contributed by atoms with Crippen molar-refractivity contribution in [1.29, 1.82) is 0 Å². The van der Waals surface area contributed by atoms with Gasteiger partial charge in [0.05, 0.1) is 19.8 Å². The highest BCUT2D eigenvalue weighted by molar-refractivity contribution is 5.69. The van der Waals surface area contributed by atoms with E-state index in [-0.39, 0.29) is 19.2 Å². The third-order valence-electron chi connectivity index (χ3n) is 11.3. The lowest BCUT2D eigenvalue weighted by Gasteiger charge is -2.39. The van der Waals surface area contributed by atoms with Crippen LogP contribution < -0.4 is 0 Å². The Morgan fingerprint density at radius 1 is 0.542 bits per heavy atom. The molecule has 0 aromatic carbocycles. The summed E-state index contributed by atoms with van der Waals surface area (Å²) in [5.41, 5.74) is 0. The maximum atomic E-state index is 12.8. The van der Waals surface area contributed by atoms with Crippen LogP contribution >= 0.6 is 0 Å². The third-order valence-corrected chi connectivity index (χ3v) is 11.3. The van der Waals surface area contributed by atoms with Crippen LogP contribution in [-0.4, -0.2) is 89.6 Å². The van der Waals surface area contributed by atoms with Crippen LogP contribution in [0.5, 0.6) is 0 Å². The lowest BCUT2D eigenvalue weighted by molar-refractivity contribution is -0.305. The molecule has 4 N–H and O–H groups in total. The summed E-state index contributed by atoms with van der Waals surface area (Å²) >= 11 is 0. The van der Waals surface area contributed by atoms with Gasteiger partial charge in [-0.1, -0.05) is 192 Å². The Kier molecular flexibility index (Phi) is 39.2. The molecule has 1 aliphatic heterocycles. The molecule has 1 rings (SSSR count). The van der Waals surface area contributed by atoms with E-state index in [9.17, 15) is 25.2 Å². The van der Waals surface area contributed by atoms with Crippen molar-refractivity contribution < 1.29 is 44.2 Å². The normalized spacial score (nSPS) is 20.4. The SMILES string of the molecule is CCCCCCC/C=C\C/C=C\C/C=C\CCCCCCCCC(=O)OC(COCCCCCCCCCCCCCCCCC)COC1OC(CO)C(O)C(O)C1O. The van der Waals surface area contributed by atoms with Gasteiger partial charge in [-0.25, -0.2) is 0 Å². The Morgan fingerprint density at radius 3 is 1.47 bits per heavy atom. The highest BCUT2D eigenvalue weighted by Gasteiger charge is 2.44. The van der Waals surface area contributed by atoms with E-state index in [1.54, 1.807) is 0 Å². The maximum absolute atomic E-state index is 12.8. The summed E-state index contributed by atoms with van der Waals surface area (Å²) in [6, 6.07) is 0. The molecule has 0 radical (unpaired) electrons. The molecule has 59 heavy (non-hydrogen) atoms. The minimum atomic E-state index is -1.54. The zero-order chi connectivity index (χ0) is 42.9. The molecular weight excluding hydrogens is 745 g/mol. The fraction of sp³-hybridized carbons (Fsp3) is 0.860. The molecule has 1 saturated heterocycles. The minimum Gasteiger partial charge on any atom is -0.457 e. The van der Waals surface area contributed by atoms with E-state index in [1.807, 2.05) is 0 Å². The van der Waals surface area contributed by atoms with E-state index in [1.165, 1.54) is 135 Å². The van der Waals surface area contributed by atoms with E-state index in [0.717, 1.165) is 57.8 Å². The molecule has 1 heterocycles. The molecule has 0 aromatic heterocycles. The lowest BCUT2D eigenvalue weighted by atomic mass is 9.99. The van der Waals surface area contributed by atoms with Crippen LogP contribution in [0.25, 0.3) is 0 Å². The summed E-state index contributed by atoms with van der Waals surface area (Å²) in [4.78, 5) is 12.8. The van der Waals surface area contributed by atoms with Gasteiger partial charge in [-0.05, 0) is 51.4 Å². The van der Waals surface area contributed by atoms with Gasteiger partial charge < -0.3 is 39.4 Å². The number of rotatable bonds is 42. The number of aliphatic hydroxyl groups is 4. The summed E-state index contributed by atoms with van der Waals surface area (Å²) in [5, 5.41) is 40.2. The zero-order valence-corrected chi connectivity index (χ0v) is 38.0. The molecule has 1 aliphatic rings. The molecule has 9 heteroatoms. The molecule has 0 saturated carbocycles. The second-order valence-electron chi connectivity index (χ2n) is 16.9. The van der Waals surface area contributed by atoms with Crippen LogP contribution in [0.4, 0.5) is 0 Å². The van der Waals surface area contributed by atoms with Gasteiger partial charge in [0, 0.05) is 13.0 Å². The Bertz CT molecular complexity index is 999. The van der Waals surface area contributed by atoms with Gasteiger partial charge in [0.1, 0.15) is 30.5 Å². The van der Waals surface area contributed by atoms with Crippen molar-refractivity contribution in [2.24, 2.45) is 0 Å². The summed E-state index contributed by atoms with van der Waals surface area (Å²) < 4.78 is 22.9. The maximum Gasteiger partial charge on any atom is 0.306 e. The molecule has 346 valence electrons. The fourth-order valence-electron chi connectivity index (χ4n) is 7.44. The van der Waals surface area contributed by atoms with Gasteiger partial charge in [0.2, 0.25) is 0 Å². The van der Waals surface area contributed by atoms with E-state index in [2.05, 4.69) is 50.3 Å². The van der Waals surface area contributed by atoms with Crippen LogP contribution in [0.15, 0.2) is 36.5 Å². The van der Waals surface area contributed by atoms with Crippen molar-refractivity contribution in [3.63, 3.8) is 0 Å². The molecule has 6 atom stereocenters. The predicted molar refractivity (Wildman–Crippen MR) is 242 cm³/mol. The fourth-order valence-corrected chi connectivity index (χ4v) is 7.44. The van der Waals surface area contributed by atoms with Crippen molar-refractivity contribution in [1.82, 2.24) is 0 Å². The van der Waals surface area contributed by atoms with Crippen molar-refractivity contribution in [2.45, 2.75) is 250 Å². The summed E-state index contributed by atoms with van der Waals surface area (Å²) in [6.45, 7) is 4.56. The highest BCUT2D eigenvalue weighted by Crippen LogP contribution is 2.23. The second-order valence-corrected chi connectivity index (χ2v) is 16.9. The molecule has 0 spiro atoms. The van der Waals surface area contributed by atoms with Gasteiger partial charge in [-0.3, -0.25) is 4.79 Å². The van der Waals surface area contributed by atoms with Crippen molar-refractivity contribution >= 4 is 5.97 Å². The van der Waals surface area contributed by atoms with Crippen molar-refractivity contribution in [3.8, 4) is 0 Å². The number of esters is 1. The highest BCUT2D eigenvalue weighted by atomic mass is 16.7. The van der Waals surface area contributed by atoms with E-state index >= 15 is 0 Å². The molecule has 0 aromatic rings. The number of carbonyl (C=O) groups is 1. The number of carbonyl (C=O) groups excluding carboxylic acids is 1. The van der Waals surface area contributed by atoms with Crippen LogP contribution in [-0.2, 0) is 23.7 Å². The molecular formula is C50H92O9. The predicted octanol–water partition coefficient (Wildman–Crippen LogP) is 11.5. The van der Waals surface area contributed by atoms with Crippen LogP contribution in [0.3, 0.4) is 0 Å². The Labute approximate surface area is 361 Å². The molecule has 1 fully saturated rings. The Balaban J connectivity index is 2.24. The van der Waals surface area contributed by atoms with Crippen LogP contribution in [0.1, 0.15) is 213 Å². The number of allylic oxidation sites excluding steroid dienone is 6. The van der Waals surface area contributed by atoms with Gasteiger partial charge in [-0.2, -0.15) is 0 Å². The summed E-state index contributed by atoms with van der Waals surface area (Å²) in [7, 11) is 0. The third kappa shape index (κ3) is 32.7. The first kappa shape index (κ1) is 55.4. The molecule has 0 aliphatic carbocycles. The quantitative estimate of drug-likeness (QED) is 0.0269. The topological polar surface area (TPSA) is 135 Å². The van der Waals surface area contributed by atoms with Gasteiger partial charge in [-0.15, -0.1) is 0 Å². The first-order valence-electron chi connectivity index (χ1n) is 24.6. The Morgan fingerprint density at radius 2 is 0.983 bits per heavy atom. The first-order valence-corrected chi connectivity index (χ1v) is 24.6. The smallest absolute Gasteiger partial charge is 0.306 e. The van der Waals surface area contributed by atoms with Gasteiger partial charge in [0.15, 0.2) is 6.29 Å². The number of hydrogen-bond acceptors (Lipinski definition) is 9. The Hall–Kier alpha value is -1.59.